The van der Waals surface area contributed by atoms with Crippen LogP contribution >= 0.6 is 11.6 Å². The van der Waals surface area contributed by atoms with E-state index in [1.54, 1.807) is 0 Å². The molecule has 0 atom stereocenters. The number of benzene rings is 1. The minimum absolute atomic E-state index is 0.00777. The first kappa shape index (κ1) is 16.3. The van der Waals surface area contributed by atoms with Crippen LogP contribution in [0, 0.1) is 11.2 Å². The largest absolute Gasteiger partial charge is 0.395 e. The Morgan fingerprint density at radius 2 is 2.23 bits per heavy atom. The van der Waals surface area contributed by atoms with E-state index in [0.29, 0.717) is 11.6 Å². The maximum atomic E-state index is 13.1. The molecule has 0 unspecified atom stereocenters. The molecule has 0 saturated carbocycles. The van der Waals surface area contributed by atoms with Gasteiger partial charge in [-0.3, -0.25) is 10.6 Å². The van der Waals surface area contributed by atoms with Gasteiger partial charge in [0.1, 0.15) is 11.5 Å². The fourth-order valence-electron chi connectivity index (χ4n) is 1.63. The molecule has 0 saturated heterocycles. The van der Waals surface area contributed by atoms with Gasteiger partial charge < -0.3 is 10.4 Å². The monoisotopic (exact) mass is 329 g/mol. The summed E-state index contributed by atoms with van der Waals surface area (Å²) < 4.78 is 17.7. The molecule has 8 nitrogen and oxygen atoms in total. The normalized spacial score (nSPS) is 10.7. The number of amidine groups is 1. The maximum Gasteiger partial charge on any atom is 0.182 e. The topological polar surface area (TPSA) is 118 Å². The second kappa shape index (κ2) is 7.27. The number of aliphatic hydroxyl groups is 1. The minimum Gasteiger partial charge on any atom is -0.395 e. The average Bonchev–Trinajstić information content (AvgIpc) is 2.97. The van der Waals surface area contributed by atoms with Gasteiger partial charge in [-0.25, -0.2) is 14.1 Å². The van der Waals surface area contributed by atoms with Crippen molar-refractivity contribution < 1.29 is 19.3 Å². The molecule has 10 heteroatoms. The number of rotatable bonds is 6. The van der Waals surface area contributed by atoms with Gasteiger partial charge in [0.2, 0.25) is 0 Å². The molecule has 1 heterocycles. The Morgan fingerprint density at radius 3 is 2.91 bits per heavy atom. The fraction of sp³-hybridized carbons (Fsp3) is 0.250. The van der Waals surface area contributed by atoms with Gasteiger partial charge in [0.15, 0.2) is 11.5 Å². The van der Waals surface area contributed by atoms with E-state index in [-0.39, 0.29) is 35.2 Å². The molecule has 0 aliphatic rings. The van der Waals surface area contributed by atoms with Crippen molar-refractivity contribution in [1.82, 2.24) is 15.6 Å². The Labute approximate surface area is 129 Å². The van der Waals surface area contributed by atoms with Gasteiger partial charge in [0.05, 0.1) is 17.3 Å². The van der Waals surface area contributed by atoms with Crippen molar-refractivity contribution in [2.24, 2.45) is 0 Å². The first-order valence-electron chi connectivity index (χ1n) is 6.20. The van der Waals surface area contributed by atoms with Crippen molar-refractivity contribution in [3.63, 3.8) is 0 Å². The summed E-state index contributed by atoms with van der Waals surface area (Å²) in [6.45, 7) is 0.466. The Bertz CT molecular complexity index is 666. The molecule has 118 valence electrons. The third kappa shape index (κ3) is 3.57. The second-order valence-corrected chi connectivity index (χ2v) is 4.63. The van der Waals surface area contributed by atoms with Crippen LogP contribution in [-0.4, -0.2) is 39.6 Å². The molecule has 0 fully saturated rings. The highest BCUT2D eigenvalue weighted by atomic mass is 35.5. The Morgan fingerprint density at radius 1 is 1.45 bits per heavy atom. The molecule has 2 aromatic rings. The van der Waals surface area contributed by atoms with E-state index in [9.17, 15) is 9.60 Å². The van der Waals surface area contributed by atoms with Gasteiger partial charge in [-0.05, 0) is 23.4 Å². The molecule has 1 aromatic carbocycles. The molecule has 0 aliphatic carbocycles. The molecular formula is C12H13ClFN5O3. The molecule has 0 amide bonds. The number of aliphatic hydroxyl groups excluding tert-OH is 1. The number of anilines is 1. The number of nitrogens with zero attached hydrogens (tertiary/aromatic N) is 3. The van der Waals surface area contributed by atoms with E-state index >= 15 is 0 Å². The van der Waals surface area contributed by atoms with Crippen LogP contribution in [0.3, 0.4) is 0 Å². The number of halogens is 2. The van der Waals surface area contributed by atoms with Crippen LogP contribution < -0.4 is 10.4 Å². The first-order valence-corrected chi connectivity index (χ1v) is 6.58. The van der Waals surface area contributed by atoms with Crippen LogP contribution in [0.1, 0.15) is 11.4 Å². The van der Waals surface area contributed by atoms with Gasteiger partial charge in [-0.2, -0.15) is 0 Å². The number of aromatic nitrogens is 2. The number of hydrogen-bond donors (Lipinski definition) is 4. The Hall–Kier alpha value is -2.07. The molecule has 22 heavy (non-hydrogen) atoms. The lowest BCUT2D eigenvalue weighted by Crippen LogP contribution is -2.29. The minimum atomic E-state index is -0.637. The fourth-order valence-corrected chi connectivity index (χ4v) is 1.81. The van der Waals surface area contributed by atoms with E-state index in [2.05, 4.69) is 20.3 Å². The molecular weight excluding hydrogens is 317 g/mol. The lowest BCUT2D eigenvalue weighted by molar-refractivity contribution is 0.287. The smallest absolute Gasteiger partial charge is 0.182 e. The Kier molecular flexibility index (Phi) is 5.39. The standard InChI is InChI=1S/C12H13ClFN5O3/c13-8-5-7(1-2-9(8)14)19(21)12(15)11-10(17-22-18-11)6-16-3-4-20/h1-2,5,15-16,20-21H,3-4,6H2. The number of nitrogens with one attached hydrogen (secondary N) is 2. The van der Waals surface area contributed by atoms with Crippen molar-refractivity contribution in [2.45, 2.75) is 6.54 Å². The van der Waals surface area contributed by atoms with Gasteiger partial charge >= 0.3 is 0 Å². The Balaban J connectivity index is 2.16. The highest BCUT2D eigenvalue weighted by molar-refractivity contribution is 6.31. The molecule has 4 N–H and O–H groups in total. The molecule has 1 aromatic heterocycles. The summed E-state index contributed by atoms with van der Waals surface area (Å²) in [5.74, 6) is -1.05. The summed E-state index contributed by atoms with van der Waals surface area (Å²) >= 11 is 5.64. The highest BCUT2D eigenvalue weighted by Crippen LogP contribution is 2.23. The zero-order valence-corrected chi connectivity index (χ0v) is 12.0. The number of hydrogen-bond acceptors (Lipinski definition) is 7. The predicted molar refractivity (Wildman–Crippen MR) is 75.6 cm³/mol. The summed E-state index contributed by atoms with van der Waals surface area (Å²) in [7, 11) is 0. The number of hydroxylamine groups is 1. The van der Waals surface area contributed by atoms with Crippen LogP contribution in [0.15, 0.2) is 22.8 Å². The first-order chi connectivity index (χ1) is 10.5. The van der Waals surface area contributed by atoms with E-state index in [1.807, 2.05) is 0 Å². The van der Waals surface area contributed by atoms with Crippen LogP contribution in [0.5, 0.6) is 0 Å². The quantitative estimate of drug-likeness (QED) is 0.272. The van der Waals surface area contributed by atoms with Crippen molar-refractivity contribution in [3.8, 4) is 0 Å². The summed E-state index contributed by atoms with van der Waals surface area (Å²) in [5, 5.41) is 37.0. The highest BCUT2D eigenvalue weighted by Gasteiger charge is 2.21. The van der Waals surface area contributed by atoms with Crippen molar-refractivity contribution in [2.75, 3.05) is 18.2 Å². The van der Waals surface area contributed by atoms with E-state index in [0.717, 1.165) is 6.07 Å². The predicted octanol–water partition coefficient (Wildman–Crippen LogP) is 1.17. The molecule has 2 rings (SSSR count). The molecule has 0 radical (unpaired) electrons. The van der Waals surface area contributed by atoms with Crippen molar-refractivity contribution in [3.05, 3.63) is 40.4 Å². The van der Waals surface area contributed by atoms with Gasteiger partial charge in [-0.15, -0.1) is 0 Å². The zero-order chi connectivity index (χ0) is 16.1. The summed E-state index contributed by atoms with van der Waals surface area (Å²) in [5.41, 5.74) is 0.382. The van der Waals surface area contributed by atoms with Crippen molar-refractivity contribution >= 4 is 23.1 Å². The lowest BCUT2D eigenvalue weighted by atomic mass is 10.2. The SMILES string of the molecule is N=C(c1nonc1CNCCO)N(O)c1ccc(F)c(Cl)c1. The second-order valence-electron chi connectivity index (χ2n) is 4.22. The summed E-state index contributed by atoms with van der Waals surface area (Å²) in [6.07, 6.45) is 0. The third-order valence-electron chi connectivity index (χ3n) is 2.72. The van der Waals surface area contributed by atoms with Crippen LogP contribution in [0.2, 0.25) is 5.02 Å². The summed E-state index contributed by atoms with van der Waals surface area (Å²) in [4.78, 5) is 0. The van der Waals surface area contributed by atoms with Gasteiger partial charge in [0.25, 0.3) is 0 Å². The third-order valence-corrected chi connectivity index (χ3v) is 3.01. The molecule has 0 spiro atoms. The van der Waals surface area contributed by atoms with Gasteiger partial charge in [-0.1, -0.05) is 16.8 Å². The lowest BCUT2D eigenvalue weighted by Gasteiger charge is -2.16. The zero-order valence-electron chi connectivity index (χ0n) is 11.3. The van der Waals surface area contributed by atoms with E-state index in [4.69, 9.17) is 22.1 Å². The van der Waals surface area contributed by atoms with Crippen LogP contribution in [0.4, 0.5) is 10.1 Å². The molecule has 0 aliphatic heterocycles. The molecule has 0 bridgehead atoms. The van der Waals surface area contributed by atoms with Crippen LogP contribution in [0.25, 0.3) is 0 Å². The maximum absolute atomic E-state index is 13.1. The van der Waals surface area contributed by atoms with Crippen molar-refractivity contribution in [1.29, 1.82) is 5.41 Å². The van der Waals surface area contributed by atoms with Crippen LogP contribution in [-0.2, 0) is 6.54 Å². The summed E-state index contributed by atoms with van der Waals surface area (Å²) in [6, 6.07) is 3.49. The van der Waals surface area contributed by atoms with E-state index < -0.39 is 11.7 Å². The van der Waals surface area contributed by atoms with Gasteiger partial charge in [0, 0.05) is 13.1 Å². The van der Waals surface area contributed by atoms with E-state index in [1.165, 1.54) is 12.1 Å². The average molecular weight is 330 g/mol.